The molecule has 0 spiro atoms. The Kier molecular flexibility index (Phi) is 4.54. The SMILES string of the molecule is CCC(NC(=O)c1c(C)nn(C)c1C)(C(=O)O)c1ccccc1. The molecule has 0 radical (unpaired) electrons. The zero-order valence-electron chi connectivity index (χ0n) is 13.8. The van der Waals surface area contributed by atoms with Gasteiger partial charge >= 0.3 is 5.97 Å². The zero-order valence-corrected chi connectivity index (χ0v) is 13.8. The molecule has 0 saturated carbocycles. The number of nitrogens with one attached hydrogen (secondary N) is 1. The summed E-state index contributed by atoms with van der Waals surface area (Å²) in [6.45, 7) is 5.26. The molecule has 0 saturated heterocycles. The van der Waals surface area contributed by atoms with Crippen LogP contribution in [0.1, 0.15) is 40.7 Å². The number of carboxylic acid groups (broad SMARTS) is 1. The van der Waals surface area contributed by atoms with Crippen LogP contribution in [-0.2, 0) is 17.4 Å². The number of rotatable bonds is 5. The largest absolute Gasteiger partial charge is 0.479 e. The topological polar surface area (TPSA) is 84.2 Å². The molecule has 0 aliphatic heterocycles. The predicted octanol–water partition coefficient (Wildman–Crippen LogP) is 2.16. The summed E-state index contributed by atoms with van der Waals surface area (Å²) in [5.74, 6) is -1.51. The maximum Gasteiger partial charge on any atom is 0.334 e. The Balaban J connectivity index is 2.47. The van der Waals surface area contributed by atoms with Gasteiger partial charge in [0.1, 0.15) is 0 Å². The lowest BCUT2D eigenvalue weighted by Gasteiger charge is -2.30. The standard InChI is InChI=1S/C17H21N3O3/c1-5-17(16(22)23,13-9-7-6-8-10-13)18-15(21)14-11(2)19-20(4)12(14)3/h6-10H,5H2,1-4H3,(H,18,21)(H,22,23). The molecule has 2 N–H and O–H groups in total. The number of hydrogen-bond donors (Lipinski definition) is 2. The van der Waals surface area contributed by atoms with Gasteiger partial charge < -0.3 is 10.4 Å². The first-order valence-corrected chi connectivity index (χ1v) is 7.45. The highest BCUT2D eigenvalue weighted by Crippen LogP contribution is 2.26. The zero-order chi connectivity index (χ0) is 17.2. The van der Waals surface area contributed by atoms with Gasteiger partial charge in [0.2, 0.25) is 0 Å². The third-order valence-electron chi connectivity index (χ3n) is 4.23. The van der Waals surface area contributed by atoms with Crippen LogP contribution in [0.15, 0.2) is 30.3 Å². The molecule has 1 aromatic heterocycles. The Morgan fingerprint density at radius 1 is 1.26 bits per heavy atom. The van der Waals surface area contributed by atoms with Crippen LogP contribution in [0.2, 0.25) is 0 Å². The maximum absolute atomic E-state index is 12.7. The lowest BCUT2D eigenvalue weighted by Crippen LogP contribution is -2.51. The first-order chi connectivity index (χ1) is 10.8. The van der Waals surface area contributed by atoms with Gasteiger partial charge in [-0.25, -0.2) is 4.79 Å². The van der Waals surface area contributed by atoms with E-state index in [0.717, 1.165) is 0 Å². The summed E-state index contributed by atoms with van der Waals surface area (Å²) in [6, 6.07) is 8.75. The van der Waals surface area contributed by atoms with Crippen LogP contribution >= 0.6 is 0 Å². The molecule has 6 nitrogen and oxygen atoms in total. The Labute approximate surface area is 135 Å². The van der Waals surface area contributed by atoms with Crippen molar-refractivity contribution in [2.24, 2.45) is 7.05 Å². The fraction of sp³-hybridized carbons (Fsp3) is 0.353. The van der Waals surface area contributed by atoms with Gasteiger partial charge in [-0.3, -0.25) is 9.48 Å². The quantitative estimate of drug-likeness (QED) is 0.885. The van der Waals surface area contributed by atoms with Crippen molar-refractivity contribution in [1.29, 1.82) is 0 Å². The summed E-state index contributed by atoms with van der Waals surface area (Å²) in [5.41, 5.74) is 0.770. The molecule has 0 aliphatic rings. The summed E-state index contributed by atoms with van der Waals surface area (Å²) in [5, 5.41) is 16.7. The van der Waals surface area contributed by atoms with E-state index in [1.807, 2.05) is 6.07 Å². The maximum atomic E-state index is 12.7. The number of carboxylic acids is 1. The molecule has 1 amide bonds. The van der Waals surface area contributed by atoms with Gasteiger partial charge in [0.15, 0.2) is 5.54 Å². The molecular weight excluding hydrogens is 294 g/mol. The average Bonchev–Trinajstić information content (AvgIpc) is 2.78. The first kappa shape index (κ1) is 16.7. The lowest BCUT2D eigenvalue weighted by atomic mass is 9.86. The molecule has 1 heterocycles. The molecule has 0 fully saturated rings. The molecule has 2 aromatic rings. The van der Waals surface area contributed by atoms with Gasteiger partial charge in [-0.15, -0.1) is 0 Å². The second-order valence-electron chi connectivity index (χ2n) is 5.55. The minimum atomic E-state index is -1.47. The van der Waals surface area contributed by atoms with E-state index in [9.17, 15) is 14.7 Å². The molecule has 122 valence electrons. The van der Waals surface area contributed by atoms with E-state index in [4.69, 9.17) is 0 Å². The number of aromatic nitrogens is 2. The number of amides is 1. The second-order valence-corrected chi connectivity index (χ2v) is 5.55. The monoisotopic (exact) mass is 315 g/mol. The minimum absolute atomic E-state index is 0.233. The third-order valence-corrected chi connectivity index (χ3v) is 4.23. The molecule has 23 heavy (non-hydrogen) atoms. The average molecular weight is 315 g/mol. The van der Waals surface area contributed by atoms with Gasteiger partial charge in [-0.1, -0.05) is 37.3 Å². The highest BCUT2D eigenvalue weighted by Gasteiger charge is 2.41. The Hall–Kier alpha value is -2.63. The van der Waals surface area contributed by atoms with Crippen LogP contribution in [0.4, 0.5) is 0 Å². The number of aliphatic carboxylic acids is 1. The van der Waals surface area contributed by atoms with Crippen LogP contribution in [0.3, 0.4) is 0 Å². The van der Waals surface area contributed by atoms with E-state index in [1.165, 1.54) is 0 Å². The molecule has 1 aromatic carbocycles. The number of nitrogens with zero attached hydrogens (tertiary/aromatic N) is 2. The van der Waals surface area contributed by atoms with Crippen LogP contribution in [0.5, 0.6) is 0 Å². The van der Waals surface area contributed by atoms with Crippen molar-refractivity contribution in [2.45, 2.75) is 32.7 Å². The number of benzene rings is 1. The summed E-state index contributed by atoms with van der Waals surface area (Å²) in [6.07, 6.45) is 0.233. The first-order valence-electron chi connectivity index (χ1n) is 7.45. The van der Waals surface area contributed by atoms with E-state index in [2.05, 4.69) is 10.4 Å². The molecule has 1 atom stereocenters. The molecule has 2 rings (SSSR count). The summed E-state index contributed by atoms with van der Waals surface area (Å²) >= 11 is 0. The smallest absolute Gasteiger partial charge is 0.334 e. The van der Waals surface area contributed by atoms with Crippen molar-refractivity contribution >= 4 is 11.9 Å². The van der Waals surface area contributed by atoms with Crippen molar-refractivity contribution in [3.63, 3.8) is 0 Å². The molecule has 0 bridgehead atoms. The Bertz CT molecular complexity index is 737. The lowest BCUT2D eigenvalue weighted by molar-refractivity contribution is -0.145. The second kappa shape index (κ2) is 6.24. The number of aryl methyl sites for hydroxylation is 2. The van der Waals surface area contributed by atoms with E-state index in [-0.39, 0.29) is 6.42 Å². The number of carbonyl (C=O) groups excluding carboxylic acids is 1. The van der Waals surface area contributed by atoms with Crippen LogP contribution < -0.4 is 5.32 Å². The van der Waals surface area contributed by atoms with Crippen molar-refractivity contribution in [1.82, 2.24) is 15.1 Å². The van der Waals surface area contributed by atoms with Crippen molar-refractivity contribution in [2.75, 3.05) is 0 Å². The Morgan fingerprint density at radius 2 is 1.87 bits per heavy atom. The van der Waals surface area contributed by atoms with Crippen molar-refractivity contribution in [3.8, 4) is 0 Å². The number of hydrogen-bond acceptors (Lipinski definition) is 3. The van der Waals surface area contributed by atoms with Gasteiger partial charge in [-0.2, -0.15) is 5.10 Å². The fourth-order valence-electron chi connectivity index (χ4n) is 2.77. The van der Waals surface area contributed by atoms with Crippen LogP contribution in [0.25, 0.3) is 0 Å². The van der Waals surface area contributed by atoms with E-state index in [0.29, 0.717) is 22.5 Å². The third kappa shape index (κ3) is 2.84. The Morgan fingerprint density at radius 3 is 2.30 bits per heavy atom. The fourth-order valence-corrected chi connectivity index (χ4v) is 2.77. The highest BCUT2D eigenvalue weighted by molar-refractivity contribution is 5.99. The van der Waals surface area contributed by atoms with Crippen molar-refractivity contribution < 1.29 is 14.7 Å². The van der Waals surface area contributed by atoms with Gasteiger partial charge in [0.25, 0.3) is 5.91 Å². The van der Waals surface area contributed by atoms with E-state index in [1.54, 1.807) is 56.8 Å². The summed E-state index contributed by atoms with van der Waals surface area (Å²) in [4.78, 5) is 24.7. The van der Waals surface area contributed by atoms with Crippen LogP contribution in [0, 0.1) is 13.8 Å². The normalized spacial score (nSPS) is 13.4. The van der Waals surface area contributed by atoms with E-state index >= 15 is 0 Å². The molecule has 1 unspecified atom stereocenters. The van der Waals surface area contributed by atoms with Crippen molar-refractivity contribution in [3.05, 3.63) is 52.8 Å². The molecule has 6 heteroatoms. The number of carbonyl (C=O) groups is 2. The minimum Gasteiger partial charge on any atom is -0.479 e. The molecular formula is C17H21N3O3. The van der Waals surface area contributed by atoms with E-state index < -0.39 is 17.4 Å². The van der Waals surface area contributed by atoms with Gasteiger partial charge in [-0.05, 0) is 25.8 Å². The van der Waals surface area contributed by atoms with Gasteiger partial charge in [0.05, 0.1) is 11.3 Å². The predicted molar refractivity (Wildman–Crippen MR) is 86.2 cm³/mol. The summed E-state index contributed by atoms with van der Waals surface area (Å²) in [7, 11) is 1.75. The van der Waals surface area contributed by atoms with Crippen LogP contribution in [-0.4, -0.2) is 26.8 Å². The summed E-state index contributed by atoms with van der Waals surface area (Å²) < 4.78 is 1.61. The molecule has 0 aliphatic carbocycles. The highest BCUT2D eigenvalue weighted by atomic mass is 16.4. The van der Waals surface area contributed by atoms with Gasteiger partial charge in [0, 0.05) is 12.7 Å².